The summed E-state index contributed by atoms with van der Waals surface area (Å²) in [6.07, 6.45) is 3.22. The quantitative estimate of drug-likeness (QED) is 0.579. The van der Waals surface area contributed by atoms with Gasteiger partial charge in [0.15, 0.2) is 0 Å². The van der Waals surface area contributed by atoms with Gasteiger partial charge in [0.05, 0.1) is 4.90 Å². The molecular weight excluding hydrogens is 422 g/mol. The SMILES string of the molecule is Cc1c(C2CCC(NS(=O)c3ccc(F)cc3)CC2)c2cc(F)ccc2n1CC(=O)O. The van der Waals surface area contributed by atoms with E-state index in [1.54, 1.807) is 10.6 Å². The maximum Gasteiger partial charge on any atom is 0.323 e. The first-order chi connectivity index (χ1) is 14.8. The molecule has 31 heavy (non-hydrogen) atoms. The fraction of sp³-hybridized carbons (Fsp3) is 0.348. The summed E-state index contributed by atoms with van der Waals surface area (Å²) < 4.78 is 44.4. The van der Waals surface area contributed by atoms with E-state index in [4.69, 9.17) is 0 Å². The minimum absolute atomic E-state index is 0.0616. The Hall–Kier alpha value is -2.58. The predicted molar refractivity (Wildman–Crippen MR) is 115 cm³/mol. The molecule has 1 aliphatic rings. The first-order valence-corrected chi connectivity index (χ1v) is 11.4. The molecule has 8 heteroatoms. The van der Waals surface area contributed by atoms with E-state index in [-0.39, 0.29) is 30.1 Å². The second kappa shape index (κ2) is 8.88. The summed E-state index contributed by atoms with van der Waals surface area (Å²) in [4.78, 5) is 11.9. The van der Waals surface area contributed by atoms with E-state index >= 15 is 0 Å². The lowest BCUT2D eigenvalue weighted by Gasteiger charge is -2.29. The summed E-state index contributed by atoms with van der Waals surface area (Å²) in [6, 6.07) is 10.2. The lowest BCUT2D eigenvalue weighted by Crippen LogP contribution is -2.34. The van der Waals surface area contributed by atoms with Gasteiger partial charge in [0.25, 0.3) is 0 Å². The van der Waals surface area contributed by atoms with Crippen molar-refractivity contribution in [2.45, 2.75) is 56.0 Å². The van der Waals surface area contributed by atoms with Crippen LogP contribution in [0.15, 0.2) is 47.4 Å². The van der Waals surface area contributed by atoms with Crippen LogP contribution in [-0.4, -0.2) is 25.9 Å². The van der Waals surface area contributed by atoms with Crippen LogP contribution in [0.5, 0.6) is 0 Å². The molecule has 0 amide bonds. The molecule has 0 spiro atoms. The monoisotopic (exact) mass is 446 g/mol. The van der Waals surface area contributed by atoms with Gasteiger partial charge in [0.1, 0.15) is 29.2 Å². The molecule has 2 N–H and O–H groups in total. The molecule has 1 atom stereocenters. The molecule has 2 aromatic carbocycles. The minimum Gasteiger partial charge on any atom is -0.480 e. The van der Waals surface area contributed by atoms with Crippen LogP contribution in [0.2, 0.25) is 0 Å². The van der Waals surface area contributed by atoms with Crippen molar-refractivity contribution >= 4 is 27.9 Å². The summed E-state index contributed by atoms with van der Waals surface area (Å²) >= 11 is 0. The van der Waals surface area contributed by atoms with Crippen LogP contribution in [0.1, 0.15) is 42.9 Å². The van der Waals surface area contributed by atoms with Crippen LogP contribution < -0.4 is 4.72 Å². The average molecular weight is 447 g/mol. The molecule has 0 saturated heterocycles. The molecule has 4 rings (SSSR count). The number of aromatic nitrogens is 1. The zero-order valence-electron chi connectivity index (χ0n) is 17.1. The molecule has 1 aliphatic carbocycles. The molecular formula is C23H24F2N2O3S. The van der Waals surface area contributed by atoms with Gasteiger partial charge in [0.2, 0.25) is 0 Å². The molecule has 164 valence electrons. The lowest BCUT2D eigenvalue weighted by molar-refractivity contribution is -0.137. The number of hydrogen-bond donors (Lipinski definition) is 2. The van der Waals surface area contributed by atoms with Gasteiger partial charge in [-0.15, -0.1) is 0 Å². The average Bonchev–Trinajstić information content (AvgIpc) is 2.99. The highest BCUT2D eigenvalue weighted by Crippen LogP contribution is 2.40. The van der Waals surface area contributed by atoms with Crippen LogP contribution in [0, 0.1) is 18.6 Å². The van der Waals surface area contributed by atoms with Gasteiger partial charge in [-0.25, -0.2) is 17.7 Å². The van der Waals surface area contributed by atoms with E-state index in [9.17, 15) is 22.9 Å². The molecule has 1 fully saturated rings. The van der Waals surface area contributed by atoms with Crippen molar-refractivity contribution in [1.82, 2.24) is 9.29 Å². The van der Waals surface area contributed by atoms with Crippen molar-refractivity contribution in [3.05, 3.63) is 65.4 Å². The fourth-order valence-electron chi connectivity index (χ4n) is 4.61. The van der Waals surface area contributed by atoms with Gasteiger partial charge in [-0.2, -0.15) is 0 Å². The molecule has 0 aliphatic heterocycles. The minimum atomic E-state index is -1.41. The van der Waals surface area contributed by atoms with E-state index < -0.39 is 17.0 Å². The Morgan fingerprint density at radius 1 is 1.10 bits per heavy atom. The maximum atomic E-state index is 14.0. The summed E-state index contributed by atoms with van der Waals surface area (Å²) in [5.41, 5.74) is 2.59. The zero-order valence-corrected chi connectivity index (χ0v) is 17.9. The van der Waals surface area contributed by atoms with Crippen LogP contribution >= 0.6 is 0 Å². The van der Waals surface area contributed by atoms with Gasteiger partial charge in [-0.1, -0.05) is 0 Å². The molecule has 1 aromatic heterocycles. The van der Waals surface area contributed by atoms with Crippen molar-refractivity contribution in [2.24, 2.45) is 0 Å². The Bertz CT molecular complexity index is 1140. The van der Waals surface area contributed by atoms with Crippen LogP contribution in [-0.2, 0) is 22.3 Å². The van der Waals surface area contributed by atoms with Crippen molar-refractivity contribution in [3.8, 4) is 0 Å². The predicted octanol–water partition coefficient (Wildman–Crippen LogP) is 4.65. The molecule has 1 heterocycles. The van der Waals surface area contributed by atoms with Crippen molar-refractivity contribution in [2.75, 3.05) is 0 Å². The molecule has 0 radical (unpaired) electrons. The Morgan fingerprint density at radius 2 is 1.74 bits per heavy atom. The van der Waals surface area contributed by atoms with Gasteiger partial charge < -0.3 is 9.67 Å². The number of benzene rings is 2. The Balaban J connectivity index is 1.51. The molecule has 1 saturated carbocycles. The number of halogens is 2. The van der Waals surface area contributed by atoms with Crippen LogP contribution in [0.25, 0.3) is 10.9 Å². The number of nitrogens with zero attached hydrogens (tertiary/aromatic N) is 1. The Labute approximate surface area is 181 Å². The number of hydrogen-bond acceptors (Lipinski definition) is 2. The third-order valence-electron chi connectivity index (χ3n) is 6.06. The lowest BCUT2D eigenvalue weighted by atomic mass is 9.81. The normalized spacial score (nSPS) is 20.1. The van der Waals surface area contributed by atoms with E-state index in [1.807, 2.05) is 6.92 Å². The highest BCUT2D eigenvalue weighted by Gasteiger charge is 2.28. The molecule has 3 aromatic rings. The number of carboxylic acid groups (broad SMARTS) is 1. The number of fused-ring (bicyclic) bond motifs is 1. The summed E-state index contributed by atoms with van der Waals surface area (Å²) in [5, 5.41) is 10.1. The van der Waals surface area contributed by atoms with Crippen LogP contribution in [0.3, 0.4) is 0 Å². The van der Waals surface area contributed by atoms with E-state index in [1.165, 1.54) is 36.4 Å². The highest BCUT2D eigenvalue weighted by molar-refractivity contribution is 7.83. The standard InChI is InChI=1S/C23H24F2N2O3S/c1-14-23(20-12-17(25)6-11-21(20)27(14)13-22(28)29)15-2-7-18(8-3-15)26-31(30)19-9-4-16(24)5-10-19/h4-6,9-12,15,18,26H,2-3,7-8,13H2,1H3,(H,28,29). The van der Waals surface area contributed by atoms with E-state index in [2.05, 4.69) is 4.72 Å². The van der Waals surface area contributed by atoms with E-state index in [0.29, 0.717) is 4.90 Å². The summed E-state index contributed by atoms with van der Waals surface area (Å²) in [7, 11) is -1.41. The topological polar surface area (TPSA) is 71.3 Å². The Kier molecular flexibility index (Phi) is 6.20. The van der Waals surface area contributed by atoms with Gasteiger partial charge in [0, 0.05) is 22.6 Å². The number of rotatable bonds is 6. The largest absolute Gasteiger partial charge is 0.480 e. The molecule has 1 unspecified atom stereocenters. The molecule has 5 nitrogen and oxygen atoms in total. The number of nitrogens with one attached hydrogen (secondary N) is 1. The van der Waals surface area contributed by atoms with Crippen molar-refractivity contribution in [3.63, 3.8) is 0 Å². The Morgan fingerprint density at radius 3 is 2.39 bits per heavy atom. The third kappa shape index (κ3) is 4.55. The molecule has 0 bridgehead atoms. The summed E-state index contributed by atoms with van der Waals surface area (Å²) in [5.74, 6) is -1.47. The summed E-state index contributed by atoms with van der Waals surface area (Å²) in [6.45, 7) is 1.73. The van der Waals surface area contributed by atoms with Crippen molar-refractivity contribution in [1.29, 1.82) is 0 Å². The highest BCUT2D eigenvalue weighted by atomic mass is 32.2. The van der Waals surface area contributed by atoms with E-state index in [0.717, 1.165) is 47.8 Å². The number of carbonyl (C=O) groups is 1. The van der Waals surface area contributed by atoms with Gasteiger partial charge >= 0.3 is 5.97 Å². The first kappa shape index (κ1) is 21.6. The number of carboxylic acids is 1. The smallest absolute Gasteiger partial charge is 0.323 e. The van der Waals surface area contributed by atoms with Gasteiger partial charge in [-0.05, 0) is 86.6 Å². The van der Waals surface area contributed by atoms with Crippen LogP contribution in [0.4, 0.5) is 8.78 Å². The fourth-order valence-corrected chi connectivity index (χ4v) is 5.67. The third-order valence-corrected chi connectivity index (χ3v) is 7.31. The maximum absolute atomic E-state index is 14.0. The van der Waals surface area contributed by atoms with Gasteiger partial charge in [-0.3, -0.25) is 4.79 Å². The van der Waals surface area contributed by atoms with Crippen molar-refractivity contribution < 1.29 is 22.9 Å². The second-order valence-corrected chi connectivity index (χ2v) is 9.27. The first-order valence-electron chi connectivity index (χ1n) is 10.3. The second-order valence-electron chi connectivity index (χ2n) is 8.03. The zero-order chi connectivity index (χ0) is 22.1. The number of aliphatic carboxylic acids is 1.